The van der Waals surface area contributed by atoms with Crippen molar-refractivity contribution in [2.75, 3.05) is 23.5 Å². The lowest BCUT2D eigenvalue weighted by Crippen LogP contribution is -2.46. The van der Waals surface area contributed by atoms with Crippen LogP contribution in [0.4, 0.5) is 0 Å². The van der Waals surface area contributed by atoms with Gasteiger partial charge in [0.05, 0.1) is 23.3 Å². The first-order valence-electron chi connectivity index (χ1n) is 5.53. The molecule has 1 heterocycles. The van der Waals surface area contributed by atoms with Gasteiger partial charge in [0.2, 0.25) is 5.91 Å². The van der Waals surface area contributed by atoms with Crippen LogP contribution in [-0.4, -0.2) is 58.3 Å². The Kier molecular flexibility index (Phi) is 4.73. The second kappa shape index (κ2) is 5.54. The van der Waals surface area contributed by atoms with Crippen LogP contribution in [0.1, 0.15) is 12.8 Å². The van der Waals surface area contributed by atoms with Crippen molar-refractivity contribution in [1.82, 2.24) is 5.32 Å². The van der Waals surface area contributed by atoms with Crippen molar-refractivity contribution in [3.8, 4) is 0 Å². The van der Waals surface area contributed by atoms with E-state index in [1.165, 1.54) is 0 Å². The fourth-order valence-corrected chi connectivity index (χ4v) is 4.04. The lowest BCUT2D eigenvalue weighted by molar-refractivity contribution is -0.122. The molecule has 1 rings (SSSR count). The lowest BCUT2D eigenvalue weighted by Gasteiger charge is -2.15. The first-order chi connectivity index (χ1) is 8.09. The van der Waals surface area contributed by atoms with Crippen molar-refractivity contribution in [3.63, 3.8) is 0 Å². The molecule has 1 saturated heterocycles. The molecule has 1 amide bonds. The average Bonchev–Trinajstić information content (AvgIpc) is 2.53. The second-order valence-electron chi connectivity index (χ2n) is 4.63. The third kappa shape index (κ3) is 5.32. The van der Waals surface area contributed by atoms with Crippen molar-refractivity contribution >= 4 is 25.6 Å². The van der Waals surface area contributed by atoms with Crippen LogP contribution in [0.2, 0.25) is 0 Å². The molecule has 0 saturated carbocycles. The van der Waals surface area contributed by atoms with E-state index in [9.17, 15) is 21.6 Å². The summed E-state index contributed by atoms with van der Waals surface area (Å²) in [6.45, 7) is 0. The topological polar surface area (TPSA) is 123 Å². The lowest BCUT2D eigenvalue weighted by atomic mass is 10.2. The number of sulfone groups is 2. The predicted molar refractivity (Wildman–Crippen MR) is 67.5 cm³/mol. The van der Waals surface area contributed by atoms with E-state index in [2.05, 4.69) is 5.32 Å². The van der Waals surface area contributed by atoms with E-state index in [0.717, 1.165) is 6.26 Å². The van der Waals surface area contributed by atoms with Gasteiger partial charge in [0.15, 0.2) is 9.84 Å². The molecule has 1 fully saturated rings. The van der Waals surface area contributed by atoms with Crippen molar-refractivity contribution in [2.45, 2.75) is 24.9 Å². The molecule has 3 N–H and O–H groups in total. The van der Waals surface area contributed by atoms with E-state index < -0.39 is 37.7 Å². The third-order valence-electron chi connectivity index (χ3n) is 2.72. The Balaban J connectivity index is 2.41. The summed E-state index contributed by atoms with van der Waals surface area (Å²) in [4.78, 5) is 11.6. The Bertz CT molecular complexity index is 511. The predicted octanol–water partition coefficient (Wildman–Crippen LogP) is -1.95. The molecule has 18 heavy (non-hydrogen) atoms. The van der Waals surface area contributed by atoms with Crippen LogP contribution in [-0.2, 0) is 24.5 Å². The van der Waals surface area contributed by atoms with Crippen LogP contribution in [0.3, 0.4) is 0 Å². The molecule has 9 heteroatoms. The van der Waals surface area contributed by atoms with E-state index in [4.69, 9.17) is 5.73 Å². The summed E-state index contributed by atoms with van der Waals surface area (Å²) in [7, 11) is -6.21. The van der Waals surface area contributed by atoms with Crippen LogP contribution in [0.15, 0.2) is 0 Å². The molecule has 0 radical (unpaired) electrons. The van der Waals surface area contributed by atoms with Gasteiger partial charge in [-0.15, -0.1) is 0 Å². The molecule has 0 aromatic rings. The average molecular weight is 298 g/mol. The van der Waals surface area contributed by atoms with Gasteiger partial charge < -0.3 is 11.1 Å². The maximum atomic E-state index is 11.6. The zero-order valence-electron chi connectivity index (χ0n) is 10.1. The van der Waals surface area contributed by atoms with Gasteiger partial charge in [-0.2, -0.15) is 0 Å². The normalized spacial score (nSPS) is 24.7. The maximum absolute atomic E-state index is 11.6. The molecule has 2 unspecified atom stereocenters. The van der Waals surface area contributed by atoms with Gasteiger partial charge in [0.25, 0.3) is 0 Å². The summed E-state index contributed by atoms with van der Waals surface area (Å²) in [5.41, 5.74) is 5.54. The van der Waals surface area contributed by atoms with Crippen LogP contribution in [0.25, 0.3) is 0 Å². The minimum Gasteiger partial charge on any atom is -0.351 e. The Labute approximate surface area is 107 Å². The van der Waals surface area contributed by atoms with Gasteiger partial charge in [-0.1, -0.05) is 0 Å². The largest absolute Gasteiger partial charge is 0.351 e. The number of amides is 1. The van der Waals surface area contributed by atoms with E-state index in [-0.39, 0.29) is 23.7 Å². The van der Waals surface area contributed by atoms with Gasteiger partial charge in [-0.25, -0.2) is 16.8 Å². The van der Waals surface area contributed by atoms with Crippen molar-refractivity contribution < 1.29 is 21.6 Å². The third-order valence-corrected chi connectivity index (χ3v) is 5.46. The first-order valence-corrected chi connectivity index (χ1v) is 9.41. The Morgan fingerprint density at radius 2 is 2.11 bits per heavy atom. The van der Waals surface area contributed by atoms with Gasteiger partial charge in [-0.3, -0.25) is 4.79 Å². The quantitative estimate of drug-likeness (QED) is 0.608. The maximum Gasteiger partial charge on any atom is 0.237 e. The van der Waals surface area contributed by atoms with Gasteiger partial charge in [-0.05, 0) is 12.8 Å². The number of nitrogens with one attached hydrogen (secondary N) is 1. The number of carbonyl (C=O) groups excluding carboxylic acids is 1. The molecular formula is C9H18N2O5S2. The zero-order valence-corrected chi connectivity index (χ0v) is 11.8. The van der Waals surface area contributed by atoms with Crippen molar-refractivity contribution in [3.05, 3.63) is 0 Å². The van der Waals surface area contributed by atoms with Gasteiger partial charge in [0.1, 0.15) is 9.84 Å². The van der Waals surface area contributed by atoms with Crippen LogP contribution < -0.4 is 11.1 Å². The molecule has 0 aromatic heterocycles. The van der Waals surface area contributed by atoms with Crippen LogP contribution in [0, 0.1) is 0 Å². The molecule has 0 spiro atoms. The number of hydrogen-bond donors (Lipinski definition) is 2. The zero-order chi connectivity index (χ0) is 14.0. The number of nitrogens with two attached hydrogens (primary N) is 1. The summed E-state index contributed by atoms with van der Waals surface area (Å²) in [5.74, 6) is -0.667. The molecule has 1 aliphatic rings. The van der Waals surface area contributed by atoms with Crippen molar-refractivity contribution in [1.29, 1.82) is 0 Å². The summed E-state index contributed by atoms with van der Waals surface area (Å²) in [6.07, 6.45) is 1.48. The first kappa shape index (κ1) is 15.4. The Morgan fingerprint density at radius 3 is 2.56 bits per heavy atom. The standard InChI is InChI=1S/C9H18N2O5S2/c1-17(13,14)4-3-8(10)9(12)11-7-2-5-18(15,16)6-7/h7-8H,2-6,10H2,1H3,(H,11,12). The molecule has 0 bridgehead atoms. The highest BCUT2D eigenvalue weighted by atomic mass is 32.2. The summed E-state index contributed by atoms with van der Waals surface area (Å²) in [5, 5.41) is 2.53. The van der Waals surface area contributed by atoms with Crippen LogP contribution >= 0.6 is 0 Å². The molecule has 2 atom stereocenters. The second-order valence-corrected chi connectivity index (χ2v) is 9.12. The number of rotatable bonds is 5. The molecule has 7 nitrogen and oxygen atoms in total. The minimum atomic E-state index is -3.15. The molecule has 1 aliphatic heterocycles. The highest BCUT2D eigenvalue weighted by Crippen LogP contribution is 2.11. The highest BCUT2D eigenvalue weighted by Gasteiger charge is 2.30. The van der Waals surface area contributed by atoms with Crippen LogP contribution in [0.5, 0.6) is 0 Å². The minimum absolute atomic E-state index is 0.0319. The van der Waals surface area contributed by atoms with E-state index >= 15 is 0 Å². The summed E-state index contributed by atoms with van der Waals surface area (Å²) >= 11 is 0. The van der Waals surface area contributed by atoms with E-state index in [1.807, 2.05) is 0 Å². The fourth-order valence-electron chi connectivity index (χ4n) is 1.69. The molecule has 106 valence electrons. The molecular weight excluding hydrogens is 280 g/mol. The molecule has 0 aromatic carbocycles. The van der Waals surface area contributed by atoms with E-state index in [1.54, 1.807) is 0 Å². The smallest absolute Gasteiger partial charge is 0.237 e. The Hall–Kier alpha value is -0.670. The highest BCUT2D eigenvalue weighted by molar-refractivity contribution is 7.91. The summed E-state index contributed by atoms with van der Waals surface area (Å²) in [6, 6.07) is -1.34. The Morgan fingerprint density at radius 1 is 1.50 bits per heavy atom. The van der Waals surface area contributed by atoms with Gasteiger partial charge in [0, 0.05) is 12.3 Å². The number of hydrogen-bond acceptors (Lipinski definition) is 6. The fraction of sp³-hybridized carbons (Fsp3) is 0.889. The monoisotopic (exact) mass is 298 g/mol. The van der Waals surface area contributed by atoms with E-state index in [0.29, 0.717) is 6.42 Å². The van der Waals surface area contributed by atoms with Crippen molar-refractivity contribution in [2.24, 2.45) is 5.73 Å². The summed E-state index contributed by atoms with van der Waals surface area (Å²) < 4.78 is 44.2. The number of carbonyl (C=O) groups is 1. The SMILES string of the molecule is CS(=O)(=O)CCC(N)C(=O)NC1CCS(=O)(=O)C1. The molecule has 0 aliphatic carbocycles. The van der Waals surface area contributed by atoms with Gasteiger partial charge >= 0.3 is 0 Å².